The average Bonchev–Trinajstić information content (AvgIpc) is 2.26. The van der Waals surface area contributed by atoms with Crippen molar-refractivity contribution in [1.29, 1.82) is 0 Å². The van der Waals surface area contributed by atoms with Crippen molar-refractivity contribution in [3.05, 3.63) is 29.3 Å². The van der Waals surface area contributed by atoms with Crippen LogP contribution >= 0.6 is 0 Å². The van der Waals surface area contributed by atoms with Crippen LogP contribution in [0, 0.1) is 6.92 Å². The number of hydrogen-bond acceptors (Lipinski definition) is 3. The Morgan fingerprint density at radius 1 is 1.35 bits per heavy atom. The second-order valence-corrected chi connectivity index (χ2v) is 7.12. The topological polar surface area (TPSA) is 83.5 Å². The highest BCUT2D eigenvalue weighted by atomic mass is 32.2. The molecule has 6 heteroatoms. The van der Waals surface area contributed by atoms with Crippen LogP contribution in [0.2, 0.25) is 0 Å². The minimum absolute atomic E-state index is 0.00109. The number of rotatable bonds is 6. The summed E-state index contributed by atoms with van der Waals surface area (Å²) in [6.07, 6.45) is 1.55. The van der Waals surface area contributed by atoms with E-state index >= 15 is 0 Å². The van der Waals surface area contributed by atoms with Gasteiger partial charge < -0.3 is 5.11 Å². The monoisotopic (exact) mass is 299 g/mol. The van der Waals surface area contributed by atoms with Gasteiger partial charge in [-0.25, -0.2) is 17.9 Å². The molecule has 0 radical (unpaired) electrons. The molecule has 0 fully saturated rings. The number of sulfonamides is 1. The van der Waals surface area contributed by atoms with Crippen molar-refractivity contribution in [3.8, 4) is 0 Å². The Morgan fingerprint density at radius 2 is 1.95 bits per heavy atom. The van der Waals surface area contributed by atoms with E-state index in [9.17, 15) is 13.2 Å². The summed E-state index contributed by atoms with van der Waals surface area (Å²) in [6, 6.07) is 4.26. The zero-order valence-electron chi connectivity index (χ0n) is 12.2. The van der Waals surface area contributed by atoms with Crippen molar-refractivity contribution in [2.24, 2.45) is 0 Å². The molecule has 0 aliphatic carbocycles. The highest BCUT2D eigenvalue weighted by molar-refractivity contribution is 7.89. The van der Waals surface area contributed by atoms with Crippen molar-refractivity contribution >= 4 is 16.0 Å². The summed E-state index contributed by atoms with van der Waals surface area (Å²) in [6.45, 7) is 7.10. The summed E-state index contributed by atoms with van der Waals surface area (Å²) in [5, 5.41) is 9.06. The fourth-order valence-electron chi connectivity index (χ4n) is 2.23. The van der Waals surface area contributed by atoms with Gasteiger partial charge in [-0.1, -0.05) is 19.4 Å². The third-order valence-electron chi connectivity index (χ3n) is 3.09. The standard InChI is InChI=1S/C14H21NO4S/c1-5-9-14(3,4)15-20(18,19)12-8-6-7-11(10(12)2)13(16)17/h6-8,15H,5,9H2,1-4H3,(H,16,17). The van der Waals surface area contributed by atoms with Gasteiger partial charge in [-0.2, -0.15) is 0 Å². The first kappa shape index (κ1) is 16.7. The summed E-state index contributed by atoms with van der Waals surface area (Å²) in [4.78, 5) is 11.1. The molecule has 112 valence electrons. The molecule has 1 aromatic rings. The number of carbonyl (C=O) groups is 1. The maximum atomic E-state index is 12.4. The highest BCUT2D eigenvalue weighted by Crippen LogP contribution is 2.22. The van der Waals surface area contributed by atoms with Gasteiger partial charge in [0.25, 0.3) is 0 Å². The molecule has 20 heavy (non-hydrogen) atoms. The van der Waals surface area contributed by atoms with Gasteiger partial charge in [0.1, 0.15) is 0 Å². The minimum Gasteiger partial charge on any atom is -0.478 e. The van der Waals surface area contributed by atoms with Crippen LogP contribution < -0.4 is 4.72 Å². The molecular formula is C14H21NO4S. The molecule has 0 atom stereocenters. The van der Waals surface area contributed by atoms with Gasteiger partial charge in [0.15, 0.2) is 0 Å². The number of aromatic carboxylic acids is 1. The Balaban J connectivity index is 3.24. The first-order valence-electron chi connectivity index (χ1n) is 6.47. The summed E-state index contributed by atoms with van der Waals surface area (Å²) in [5.41, 5.74) is -0.319. The molecule has 5 nitrogen and oxygen atoms in total. The lowest BCUT2D eigenvalue weighted by molar-refractivity contribution is 0.0696. The first-order valence-corrected chi connectivity index (χ1v) is 7.96. The molecule has 0 spiro atoms. The second-order valence-electron chi connectivity index (χ2n) is 5.47. The number of carboxylic acid groups (broad SMARTS) is 1. The van der Waals surface area contributed by atoms with Gasteiger partial charge in [-0.3, -0.25) is 0 Å². The van der Waals surface area contributed by atoms with Crippen LogP contribution in [0.5, 0.6) is 0 Å². The molecule has 0 heterocycles. The van der Waals surface area contributed by atoms with Gasteiger partial charge in [0.2, 0.25) is 10.0 Å². The van der Waals surface area contributed by atoms with Crippen LogP contribution in [0.3, 0.4) is 0 Å². The molecule has 1 aromatic carbocycles. The van der Waals surface area contributed by atoms with Crippen molar-refractivity contribution in [2.45, 2.75) is 51.0 Å². The zero-order chi connectivity index (χ0) is 15.6. The summed E-state index contributed by atoms with van der Waals surface area (Å²) in [5.74, 6) is -1.13. The molecule has 0 saturated carbocycles. The van der Waals surface area contributed by atoms with E-state index in [-0.39, 0.29) is 16.0 Å². The van der Waals surface area contributed by atoms with Gasteiger partial charge in [-0.05, 0) is 44.9 Å². The minimum atomic E-state index is -3.74. The fraction of sp³-hybridized carbons (Fsp3) is 0.500. The Kier molecular flexibility index (Phi) is 4.94. The fourth-order valence-corrected chi connectivity index (χ4v) is 3.94. The second kappa shape index (κ2) is 5.93. The van der Waals surface area contributed by atoms with Gasteiger partial charge in [0, 0.05) is 5.54 Å². The molecule has 0 bridgehead atoms. The van der Waals surface area contributed by atoms with Crippen LogP contribution in [-0.2, 0) is 10.0 Å². The maximum absolute atomic E-state index is 12.4. The Morgan fingerprint density at radius 3 is 2.45 bits per heavy atom. The molecule has 0 aromatic heterocycles. The largest absolute Gasteiger partial charge is 0.478 e. The average molecular weight is 299 g/mol. The molecule has 0 aliphatic rings. The lowest BCUT2D eigenvalue weighted by atomic mass is 10.0. The van der Waals surface area contributed by atoms with E-state index in [0.717, 1.165) is 6.42 Å². The van der Waals surface area contributed by atoms with E-state index in [1.54, 1.807) is 0 Å². The van der Waals surface area contributed by atoms with Gasteiger partial charge in [-0.15, -0.1) is 0 Å². The van der Waals surface area contributed by atoms with Gasteiger partial charge in [0.05, 0.1) is 10.5 Å². The van der Waals surface area contributed by atoms with Crippen LogP contribution in [0.4, 0.5) is 0 Å². The van der Waals surface area contributed by atoms with E-state index in [1.165, 1.54) is 25.1 Å². The number of benzene rings is 1. The predicted octanol–water partition coefficient (Wildman–Crippen LogP) is 2.55. The Bertz CT molecular complexity index is 606. The number of nitrogens with one attached hydrogen (secondary N) is 1. The zero-order valence-corrected chi connectivity index (χ0v) is 13.0. The van der Waals surface area contributed by atoms with E-state index in [0.29, 0.717) is 6.42 Å². The number of hydrogen-bond donors (Lipinski definition) is 2. The molecule has 1 rings (SSSR count). The Labute approximate surface area is 120 Å². The summed E-state index contributed by atoms with van der Waals surface area (Å²) in [7, 11) is -3.74. The van der Waals surface area contributed by atoms with Crippen molar-refractivity contribution < 1.29 is 18.3 Å². The van der Waals surface area contributed by atoms with Crippen LogP contribution in [0.1, 0.15) is 49.5 Å². The summed E-state index contributed by atoms with van der Waals surface area (Å²) < 4.78 is 27.5. The molecule has 0 amide bonds. The lowest BCUT2D eigenvalue weighted by Crippen LogP contribution is -2.43. The van der Waals surface area contributed by atoms with Gasteiger partial charge >= 0.3 is 5.97 Å². The van der Waals surface area contributed by atoms with Crippen LogP contribution in [0.25, 0.3) is 0 Å². The maximum Gasteiger partial charge on any atom is 0.335 e. The van der Waals surface area contributed by atoms with Crippen molar-refractivity contribution in [2.75, 3.05) is 0 Å². The molecule has 0 aliphatic heterocycles. The van der Waals surface area contributed by atoms with E-state index in [2.05, 4.69) is 4.72 Å². The third kappa shape index (κ3) is 3.80. The first-order chi connectivity index (χ1) is 9.10. The third-order valence-corrected chi connectivity index (χ3v) is 4.93. The smallest absolute Gasteiger partial charge is 0.335 e. The molecular weight excluding hydrogens is 278 g/mol. The van der Waals surface area contributed by atoms with E-state index < -0.39 is 21.5 Å². The normalized spacial score (nSPS) is 12.4. The quantitative estimate of drug-likeness (QED) is 0.845. The highest BCUT2D eigenvalue weighted by Gasteiger charge is 2.27. The molecule has 0 unspecified atom stereocenters. The Hall–Kier alpha value is -1.40. The molecule has 2 N–H and O–H groups in total. The number of carboxylic acids is 1. The SMILES string of the molecule is CCCC(C)(C)NS(=O)(=O)c1cccc(C(=O)O)c1C. The van der Waals surface area contributed by atoms with E-state index in [4.69, 9.17) is 5.11 Å². The lowest BCUT2D eigenvalue weighted by Gasteiger charge is -2.26. The molecule has 0 saturated heterocycles. The van der Waals surface area contributed by atoms with Crippen LogP contribution in [-0.4, -0.2) is 25.0 Å². The van der Waals surface area contributed by atoms with Crippen LogP contribution in [0.15, 0.2) is 23.1 Å². The predicted molar refractivity (Wildman–Crippen MR) is 77.4 cm³/mol. The van der Waals surface area contributed by atoms with Crippen molar-refractivity contribution in [1.82, 2.24) is 4.72 Å². The van der Waals surface area contributed by atoms with Crippen molar-refractivity contribution in [3.63, 3.8) is 0 Å². The van der Waals surface area contributed by atoms with E-state index in [1.807, 2.05) is 20.8 Å². The summed E-state index contributed by atoms with van der Waals surface area (Å²) >= 11 is 0.